The normalized spacial score (nSPS) is 16.3. The van der Waals surface area contributed by atoms with Gasteiger partial charge in [-0.05, 0) is 31.2 Å². The van der Waals surface area contributed by atoms with Gasteiger partial charge in [0.15, 0.2) is 0 Å². The standard InChI is InChI=1S/C16H23NO/c18-16(17-13-6-1-2-7-14-17)12-8-11-15-9-4-3-5-10-15/h3-5,9-10H,1-2,6-8,11-14H2. The van der Waals surface area contributed by atoms with Crippen LogP contribution in [0.5, 0.6) is 0 Å². The highest BCUT2D eigenvalue weighted by Crippen LogP contribution is 2.12. The van der Waals surface area contributed by atoms with Crippen LogP contribution in [0.25, 0.3) is 0 Å². The number of likely N-dealkylation sites (tertiary alicyclic amines) is 1. The van der Waals surface area contributed by atoms with E-state index in [9.17, 15) is 4.79 Å². The summed E-state index contributed by atoms with van der Waals surface area (Å²) in [5, 5.41) is 0. The number of nitrogens with zero attached hydrogens (tertiary/aromatic N) is 1. The Morgan fingerprint density at radius 2 is 1.67 bits per heavy atom. The first-order chi connectivity index (χ1) is 8.86. The molecule has 1 aliphatic heterocycles. The smallest absolute Gasteiger partial charge is 0.222 e. The molecule has 0 N–H and O–H groups in total. The SMILES string of the molecule is O=C(CCCc1ccccc1)N1CCCCCC1. The van der Waals surface area contributed by atoms with Gasteiger partial charge in [-0.25, -0.2) is 0 Å². The predicted octanol–water partition coefficient (Wildman–Crippen LogP) is 3.41. The Morgan fingerprint density at radius 3 is 2.33 bits per heavy atom. The first-order valence-electron chi connectivity index (χ1n) is 7.18. The zero-order valence-electron chi connectivity index (χ0n) is 11.1. The Hall–Kier alpha value is -1.31. The molecule has 2 nitrogen and oxygen atoms in total. The third-order valence-electron chi connectivity index (χ3n) is 3.66. The highest BCUT2D eigenvalue weighted by atomic mass is 16.2. The lowest BCUT2D eigenvalue weighted by Gasteiger charge is -2.20. The summed E-state index contributed by atoms with van der Waals surface area (Å²) in [4.78, 5) is 14.1. The Labute approximate surface area is 110 Å². The van der Waals surface area contributed by atoms with Gasteiger partial charge in [-0.2, -0.15) is 0 Å². The Balaban J connectivity index is 1.71. The van der Waals surface area contributed by atoms with Crippen LogP contribution >= 0.6 is 0 Å². The summed E-state index contributed by atoms with van der Waals surface area (Å²) in [5.74, 6) is 0.354. The van der Waals surface area contributed by atoms with Gasteiger partial charge in [0, 0.05) is 19.5 Å². The topological polar surface area (TPSA) is 20.3 Å². The van der Waals surface area contributed by atoms with Crippen molar-refractivity contribution >= 4 is 5.91 Å². The van der Waals surface area contributed by atoms with Gasteiger partial charge < -0.3 is 4.90 Å². The first-order valence-corrected chi connectivity index (χ1v) is 7.18. The van der Waals surface area contributed by atoms with Gasteiger partial charge in [0.1, 0.15) is 0 Å². The van der Waals surface area contributed by atoms with E-state index in [1.807, 2.05) is 6.07 Å². The average molecular weight is 245 g/mol. The summed E-state index contributed by atoms with van der Waals surface area (Å²) in [6.07, 6.45) is 7.63. The van der Waals surface area contributed by atoms with E-state index in [-0.39, 0.29) is 0 Å². The van der Waals surface area contributed by atoms with Crippen LogP contribution in [0, 0.1) is 0 Å². The maximum atomic E-state index is 12.1. The fraction of sp³-hybridized carbons (Fsp3) is 0.562. The zero-order chi connectivity index (χ0) is 12.6. The lowest BCUT2D eigenvalue weighted by Crippen LogP contribution is -2.31. The van der Waals surface area contributed by atoms with E-state index in [0.29, 0.717) is 12.3 Å². The summed E-state index contributed by atoms with van der Waals surface area (Å²) in [6.45, 7) is 1.95. The van der Waals surface area contributed by atoms with Crippen LogP contribution in [-0.2, 0) is 11.2 Å². The van der Waals surface area contributed by atoms with Gasteiger partial charge in [0.05, 0.1) is 0 Å². The fourth-order valence-electron chi connectivity index (χ4n) is 2.57. The van der Waals surface area contributed by atoms with Crippen molar-refractivity contribution in [3.8, 4) is 0 Å². The second kappa shape index (κ2) is 7.20. The number of amides is 1. The molecule has 18 heavy (non-hydrogen) atoms. The number of carbonyl (C=O) groups is 1. The van der Waals surface area contributed by atoms with Crippen molar-refractivity contribution in [2.24, 2.45) is 0 Å². The van der Waals surface area contributed by atoms with Crippen LogP contribution in [0.15, 0.2) is 30.3 Å². The Morgan fingerprint density at radius 1 is 1.00 bits per heavy atom. The van der Waals surface area contributed by atoms with Crippen LogP contribution in [0.1, 0.15) is 44.1 Å². The summed E-state index contributed by atoms with van der Waals surface area (Å²) in [5.41, 5.74) is 1.33. The minimum absolute atomic E-state index is 0.354. The summed E-state index contributed by atoms with van der Waals surface area (Å²) in [7, 11) is 0. The highest BCUT2D eigenvalue weighted by molar-refractivity contribution is 5.76. The average Bonchev–Trinajstić information content (AvgIpc) is 2.69. The molecule has 1 aliphatic rings. The van der Waals surface area contributed by atoms with E-state index in [1.165, 1.54) is 31.2 Å². The highest BCUT2D eigenvalue weighted by Gasteiger charge is 2.14. The number of carbonyl (C=O) groups excluding carboxylic acids is 1. The minimum Gasteiger partial charge on any atom is -0.343 e. The van der Waals surface area contributed by atoms with Crippen LogP contribution in [0.3, 0.4) is 0 Å². The zero-order valence-corrected chi connectivity index (χ0v) is 11.1. The van der Waals surface area contributed by atoms with Crippen molar-refractivity contribution in [2.75, 3.05) is 13.1 Å². The molecule has 0 unspecified atom stereocenters. The molecule has 0 aromatic heterocycles. The maximum absolute atomic E-state index is 12.1. The molecule has 1 fully saturated rings. The van der Waals surface area contributed by atoms with Gasteiger partial charge in [-0.15, -0.1) is 0 Å². The lowest BCUT2D eigenvalue weighted by molar-refractivity contribution is -0.131. The maximum Gasteiger partial charge on any atom is 0.222 e. The summed E-state index contributed by atoms with van der Waals surface area (Å²) >= 11 is 0. The van der Waals surface area contributed by atoms with Gasteiger partial charge in [-0.3, -0.25) is 4.79 Å². The Bertz CT molecular complexity index is 353. The fourth-order valence-corrected chi connectivity index (χ4v) is 2.57. The molecule has 1 amide bonds. The number of hydrogen-bond donors (Lipinski definition) is 0. The van der Waals surface area contributed by atoms with E-state index < -0.39 is 0 Å². The van der Waals surface area contributed by atoms with Crippen molar-refractivity contribution in [2.45, 2.75) is 44.9 Å². The van der Waals surface area contributed by atoms with E-state index in [4.69, 9.17) is 0 Å². The van der Waals surface area contributed by atoms with Gasteiger partial charge in [-0.1, -0.05) is 43.2 Å². The molecule has 0 saturated carbocycles. The van der Waals surface area contributed by atoms with Crippen molar-refractivity contribution in [3.05, 3.63) is 35.9 Å². The summed E-state index contributed by atoms with van der Waals surface area (Å²) in [6, 6.07) is 10.4. The molecule has 98 valence electrons. The van der Waals surface area contributed by atoms with E-state index in [2.05, 4.69) is 29.2 Å². The third-order valence-corrected chi connectivity index (χ3v) is 3.66. The monoisotopic (exact) mass is 245 g/mol. The second-order valence-electron chi connectivity index (χ2n) is 5.13. The lowest BCUT2D eigenvalue weighted by atomic mass is 10.1. The van der Waals surface area contributed by atoms with Crippen molar-refractivity contribution in [3.63, 3.8) is 0 Å². The van der Waals surface area contributed by atoms with E-state index >= 15 is 0 Å². The van der Waals surface area contributed by atoms with Crippen LogP contribution in [0.2, 0.25) is 0 Å². The minimum atomic E-state index is 0.354. The van der Waals surface area contributed by atoms with Gasteiger partial charge >= 0.3 is 0 Å². The molecular weight excluding hydrogens is 222 g/mol. The molecule has 0 radical (unpaired) electrons. The molecule has 0 spiro atoms. The molecule has 1 heterocycles. The summed E-state index contributed by atoms with van der Waals surface area (Å²) < 4.78 is 0. The van der Waals surface area contributed by atoms with Crippen LogP contribution in [-0.4, -0.2) is 23.9 Å². The molecule has 1 aromatic carbocycles. The Kier molecular flexibility index (Phi) is 5.25. The van der Waals surface area contributed by atoms with E-state index in [1.54, 1.807) is 0 Å². The van der Waals surface area contributed by atoms with Crippen LogP contribution < -0.4 is 0 Å². The quantitative estimate of drug-likeness (QED) is 0.796. The molecule has 1 aromatic rings. The van der Waals surface area contributed by atoms with Crippen molar-refractivity contribution in [1.82, 2.24) is 4.90 Å². The van der Waals surface area contributed by atoms with Gasteiger partial charge in [0.25, 0.3) is 0 Å². The number of aryl methyl sites for hydroxylation is 1. The predicted molar refractivity (Wildman–Crippen MR) is 74.4 cm³/mol. The number of hydrogen-bond acceptors (Lipinski definition) is 1. The number of benzene rings is 1. The molecule has 0 atom stereocenters. The van der Waals surface area contributed by atoms with E-state index in [0.717, 1.165) is 25.9 Å². The van der Waals surface area contributed by atoms with Crippen LogP contribution in [0.4, 0.5) is 0 Å². The largest absolute Gasteiger partial charge is 0.343 e. The van der Waals surface area contributed by atoms with Gasteiger partial charge in [0.2, 0.25) is 5.91 Å². The molecule has 0 bridgehead atoms. The van der Waals surface area contributed by atoms with Crippen molar-refractivity contribution in [1.29, 1.82) is 0 Å². The molecule has 1 saturated heterocycles. The molecule has 0 aliphatic carbocycles. The molecule has 2 rings (SSSR count). The second-order valence-corrected chi connectivity index (χ2v) is 5.13. The molecule has 2 heteroatoms. The van der Waals surface area contributed by atoms with Crippen molar-refractivity contribution < 1.29 is 4.79 Å². The number of rotatable bonds is 4. The third kappa shape index (κ3) is 4.17. The first kappa shape index (κ1) is 13.1. The molecular formula is C16H23NO.